The average Bonchev–Trinajstić information content (AvgIpc) is 3.57. The van der Waals surface area contributed by atoms with E-state index in [0.717, 1.165) is 115 Å². The monoisotopic (exact) mass is 1310 g/mol. The molecule has 0 saturated carbocycles. The molecule has 17 nitrogen and oxygen atoms in total. The molecule has 0 aliphatic heterocycles. The quantitative estimate of drug-likeness (QED) is 0.0169. The number of carbonyl (C=O) groups is 4. The molecule has 19 heteroatoms. The number of ether oxygens (including phenoxy) is 4. The van der Waals surface area contributed by atoms with E-state index < -0.39 is 97.5 Å². The third kappa shape index (κ3) is 62.7. The Labute approximate surface area is 542 Å². The molecule has 6 atom stereocenters. The van der Waals surface area contributed by atoms with Crippen LogP contribution >= 0.6 is 15.6 Å². The lowest BCUT2D eigenvalue weighted by atomic mass is 9.99. The summed E-state index contributed by atoms with van der Waals surface area (Å²) in [5, 5.41) is 10.6. The van der Waals surface area contributed by atoms with Gasteiger partial charge in [-0.05, 0) is 63.2 Å². The van der Waals surface area contributed by atoms with Crippen molar-refractivity contribution >= 4 is 39.5 Å². The van der Waals surface area contributed by atoms with Crippen LogP contribution in [0.4, 0.5) is 0 Å². The molecule has 3 unspecified atom stereocenters. The number of phosphoric ester groups is 2. The second-order valence-electron chi connectivity index (χ2n) is 25.3. The van der Waals surface area contributed by atoms with Crippen LogP contribution in [0, 0.1) is 11.8 Å². The molecule has 0 radical (unpaired) electrons. The van der Waals surface area contributed by atoms with Crippen molar-refractivity contribution in [3.8, 4) is 0 Å². The SMILES string of the molecule is CCCCCC/C=C\C=C/CCCCCCCC(=O)O[C@H](COC(=O)CCCCCCCCCCC(C)CC)COP(=O)(O)OC[C@@H](O)COP(=O)(O)OC[C@@H](COC(=O)CCCCCCCCCCCCC)OC(=O)CCCCCCCCCCC(C)C. The summed E-state index contributed by atoms with van der Waals surface area (Å²) < 4.78 is 68.2. The number of hydrogen-bond donors (Lipinski definition) is 3. The zero-order valence-corrected chi connectivity index (χ0v) is 59.0. The van der Waals surface area contributed by atoms with E-state index in [9.17, 15) is 43.2 Å². The number of aliphatic hydroxyl groups is 1. The molecule has 0 aromatic heterocycles. The van der Waals surface area contributed by atoms with Gasteiger partial charge < -0.3 is 33.8 Å². The summed E-state index contributed by atoms with van der Waals surface area (Å²) in [6, 6.07) is 0. The van der Waals surface area contributed by atoms with Crippen molar-refractivity contribution in [2.45, 2.75) is 349 Å². The number of hydrogen-bond acceptors (Lipinski definition) is 15. The third-order valence-corrected chi connectivity index (χ3v) is 17.8. The van der Waals surface area contributed by atoms with Crippen LogP contribution in [0.15, 0.2) is 24.3 Å². The van der Waals surface area contributed by atoms with Gasteiger partial charge in [0.15, 0.2) is 12.2 Å². The molecule has 0 aliphatic carbocycles. The number of allylic oxidation sites excluding steroid dienone is 4. The fourth-order valence-corrected chi connectivity index (χ4v) is 11.6. The minimum atomic E-state index is -4.96. The van der Waals surface area contributed by atoms with E-state index in [2.05, 4.69) is 65.8 Å². The van der Waals surface area contributed by atoms with E-state index >= 15 is 0 Å². The molecular formula is C70H132O17P2. The van der Waals surface area contributed by atoms with Crippen molar-refractivity contribution in [1.29, 1.82) is 0 Å². The van der Waals surface area contributed by atoms with Crippen LogP contribution in [-0.4, -0.2) is 96.7 Å². The maximum absolute atomic E-state index is 13.0. The number of carbonyl (C=O) groups excluding carboxylic acids is 4. The van der Waals surface area contributed by atoms with Crippen LogP contribution < -0.4 is 0 Å². The summed E-state index contributed by atoms with van der Waals surface area (Å²) >= 11 is 0. The summed E-state index contributed by atoms with van der Waals surface area (Å²) in [4.78, 5) is 72.5. The van der Waals surface area contributed by atoms with Crippen LogP contribution in [0.1, 0.15) is 330 Å². The predicted octanol–water partition coefficient (Wildman–Crippen LogP) is 19.5. The molecule has 89 heavy (non-hydrogen) atoms. The molecule has 0 heterocycles. The van der Waals surface area contributed by atoms with Gasteiger partial charge in [-0.25, -0.2) is 9.13 Å². The first-order valence-corrected chi connectivity index (χ1v) is 38.8. The van der Waals surface area contributed by atoms with Crippen LogP contribution in [0.25, 0.3) is 0 Å². The molecule has 0 fully saturated rings. The second-order valence-corrected chi connectivity index (χ2v) is 28.2. The number of unbranched alkanes of at least 4 members (excludes halogenated alkanes) is 33. The number of esters is 4. The highest BCUT2D eigenvalue weighted by atomic mass is 31.2. The molecule has 0 aliphatic rings. The number of aliphatic hydroxyl groups excluding tert-OH is 1. The van der Waals surface area contributed by atoms with E-state index in [4.69, 9.17) is 37.0 Å². The lowest BCUT2D eigenvalue weighted by Gasteiger charge is -2.21. The highest BCUT2D eigenvalue weighted by Gasteiger charge is 2.30. The normalized spacial score (nSPS) is 14.6. The number of rotatable bonds is 67. The molecule has 0 saturated heterocycles. The van der Waals surface area contributed by atoms with E-state index in [1.165, 1.54) is 135 Å². The zero-order chi connectivity index (χ0) is 65.7. The van der Waals surface area contributed by atoms with Crippen molar-refractivity contribution in [1.82, 2.24) is 0 Å². The largest absolute Gasteiger partial charge is 0.472 e. The van der Waals surface area contributed by atoms with Crippen molar-refractivity contribution in [3.63, 3.8) is 0 Å². The van der Waals surface area contributed by atoms with Crippen LogP contribution in [0.3, 0.4) is 0 Å². The number of phosphoric acid groups is 2. The van der Waals surface area contributed by atoms with Gasteiger partial charge in [0.05, 0.1) is 26.4 Å². The van der Waals surface area contributed by atoms with Gasteiger partial charge in [0.1, 0.15) is 19.3 Å². The zero-order valence-electron chi connectivity index (χ0n) is 57.2. The van der Waals surface area contributed by atoms with E-state index in [1.807, 2.05) is 0 Å². The van der Waals surface area contributed by atoms with Crippen molar-refractivity contribution < 1.29 is 80.2 Å². The first kappa shape index (κ1) is 86.5. The first-order chi connectivity index (χ1) is 42.9. The molecule has 0 bridgehead atoms. The second kappa shape index (κ2) is 61.7. The Kier molecular flexibility index (Phi) is 60.0. The van der Waals surface area contributed by atoms with Crippen LogP contribution in [0.2, 0.25) is 0 Å². The van der Waals surface area contributed by atoms with Gasteiger partial charge in [-0.15, -0.1) is 0 Å². The highest BCUT2D eigenvalue weighted by Crippen LogP contribution is 2.45. The van der Waals surface area contributed by atoms with Crippen LogP contribution in [-0.2, 0) is 65.4 Å². The summed E-state index contributed by atoms with van der Waals surface area (Å²) in [5.41, 5.74) is 0. The minimum absolute atomic E-state index is 0.0843. The Morgan fingerprint density at radius 1 is 0.371 bits per heavy atom. The van der Waals surface area contributed by atoms with E-state index in [1.54, 1.807) is 0 Å². The van der Waals surface area contributed by atoms with Gasteiger partial charge in [0, 0.05) is 25.7 Å². The van der Waals surface area contributed by atoms with Gasteiger partial charge in [-0.3, -0.25) is 37.3 Å². The Hall–Kier alpha value is -2.46. The van der Waals surface area contributed by atoms with Gasteiger partial charge in [0.2, 0.25) is 0 Å². The van der Waals surface area contributed by atoms with E-state index in [0.29, 0.717) is 25.7 Å². The summed E-state index contributed by atoms with van der Waals surface area (Å²) in [7, 11) is -9.91. The highest BCUT2D eigenvalue weighted by molar-refractivity contribution is 7.47. The maximum atomic E-state index is 13.0. The minimum Gasteiger partial charge on any atom is -0.462 e. The van der Waals surface area contributed by atoms with Gasteiger partial charge in [0.25, 0.3) is 0 Å². The Morgan fingerprint density at radius 2 is 0.663 bits per heavy atom. The smallest absolute Gasteiger partial charge is 0.462 e. The van der Waals surface area contributed by atoms with Gasteiger partial charge in [-0.1, -0.05) is 278 Å². The lowest BCUT2D eigenvalue weighted by Crippen LogP contribution is -2.30. The average molecular weight is 1310 g/mol. The Bertz CT molecular complexity index is 1830. The lowest BCUT2D eigenvalue weighted by molar-refractivity contribution is -0.161. The van der Waals surface area contributed by atoms with Crippen LogP contribution in [0.5, 0.6) is 0 Å². The van der Waals surface area contributed by atoms with Gasteiger partial charge >= 0.3 is 39.5 Å². The molecule has 0 aromatic carbocycles. The van der Waals surface area contributed by atoms with Crippen molar-refractivity contribution in [2.75, 3.05) is 39.6 Å². The summed E-state index contributed by atoms with van der Waals surface area (Å²) in [6.45, 7) is 9.43. The topological polar surface area (TPSA) is 237 Å². The molecule has 524 valence electrons. The summed E-state index contributed by atoms with van der Waals surface area (Å²) in [6.07, 6.45) is 49.3. The molecule has 0 spiro atoms. The third-order valence-electron chi connectivity index (χ3n) is 15.9. The fourth-order valence-electron chi connectivity index (χ4n) is 10.0. The molecule has 0 rings (SSSR count). The van der Waals surface area contributed by atoms with E-state index in [-0.39, 0.29) is 25.7 Å². The Balaban J connectivity index is 5.30. The summed E-state index contributed by atoms with van der Waals surface area (Å²) in [5.74, 6) is -0.665. The van der Waals surface area contributed by atoms with Gasteiger partial charge in [-0.2, -0.15) is 0 Å². The molecular weight excluding hydrogens is 1170 g/mol. The molecule has 0 amide bonds. The van der Waals surface area contributed by atoms with Crippen molar-refractivity contribution in [3.05, 3.63) is 24.3 Å². The van der Waals surface area contributed by atoms with Crippen molar-refractivity contribution in [2.24, 2.45) is 11.8 Å². The molecule has 3 N–H and O–H groups in total. The molecule has 0 aromatic rings. The Morgan fingerprint density at radius 3 is 1.01 bits per heavy atom. The standard InChI is InChI=1S/C70H132O17P2/c1-7-10-12-14-16-18-20-21-22-23-25-27-36-42-48-54-69(74)86-65(59-81-68(73)53-47-41-35-31-29-33-39-45-51-63(6)9-3)60-84-88(76,77)82-56-64(71)57-83-89(78,79)85-61-66(87-70(75)55-49-43-37-30-28-32-38-44-50-62(4)5)58-80-67(72)52-46-40-34-26-24-19-17-15-13-11-8-2/h18,20-22,62-66,71H,7-17,19,23-61H2,1-6H3,(H,76,77)(H,78,79)/b20-18-,22-21-/t63?,64-,65-,66-/m1/s1. The predicted molar refractivity (Wildman–Crippen MR) is 358 cm³/mol. The maximum Gasteiger partial charge on any atom is 0.472 e. The first-order valence-electron chi connectivity index (χ1n) is 35.8. The fraction of sp³-hybridized carbons (Fsp3) is 0.886.